The van der Waals surface area contributed by atoms with E-state index < -0.39 is 0 Å². The molecule has 3 nitrogen and oxygen atoms in total. The first-order valence-electron chi connectivity index (χ1n) is 6.46. The Hall–Kier alpha value is -1.68. The predicted molar refractivity (Wildman–Crippen MR) is 82.1 cm³/mol. The van der Waals surface area contributed by atoms with Gasteiger partial charge in [-0.05, 0) is 46.1 Å². The van der Waals surface area contributed by atoms with Crippen molar-refractivity contribution in [2.24, 2.45) is 5.92 Å². The number of hydrogen-bond acceptors (Lipinski definition) is 3. The van der Waals surface area contributed by atoms with E-state index in [1.165, 1.54) is 0 Å². The summed E-state index contributed by atoms with van der Waals surface area (Å²) in [5.41, 5.74) is 1.15. The molecule has 104 valence electrons. The summed E-state index contributed by atoms with van der Waals surface area (Å²) in [7, 11) is 0. The van der Waals surface area contributed by atoms with Gasteiger partial charge in [0.15, 0.2) is 5.78 Å². The van der Waals surface area contributed by atoms with Crippen molar-refractivity contribution in [1.82, 2.24) is 4.98 Å². The molecule has 0 saturated heterocycles. The summed E-state index contributed by atoms with van der Waals surface area (Å²) in [6, 6.07) is 10.7. The minimum Gasteiger partial charge on any atom is -0.493 e. The zero-order chi connectivity index (χ0) is 14.5. The largest absolute Gasteiger partial charge is 0.493 e. The summed E-state index contributed by atoms with van der Waals surface area (Å²) in [4.78, 5) is 16.5. The van der Waals surface area contributed by atoms with E-state index in [1.807, 2.05) is 12.1 Å². The number of carbonyl (C=O) groups excluding carboxylic acids is 1. The van der Waals surface area contributed by atoms with Gasteiger partial charge in [-0.1, -0.05) is 26.0 Å². The molecule has 1 aromatic heterocycles. The Morgan fingerprint density at radius 3 is 2.80 bits per heavy atom. The average Bonchev–Trinajstić information content (AvgIpc) is 2.45. The minimum atomic E-state index is -0.0695. The molecule has 0 spiro atoms. The normalized spacial score (nSPS) is 10.6. The lowest BCUT2D eigenvalue weighted by Gasteiger charge is -2.10. The Bertz CT molecular complexity index is 611. The fourth-order valence-electron chi connectivity index (χ4n) is 1.70. The molecular weight excluding hydrogens is 318 g/mol. The molecule has 0 amide bonds. The van der Waals surface area contributed by atoms with Crippen LogP contribution in [0.25, 0.3) is 0 Å². The van der Waals surface area contributed by atoms with Crippen LogP contribution >= 0.6 is 15.9 Å². The van der Waals surface area contributed by atoms with E-state index in [4.69, 9.17) is 4.74 Å². The Kier molecular flexibility index (Phi) is 4.90. The van der Waals surface area contributed by atoms with Gasteiger partial charge < -0.3 is 4.74 Å². The highest BCUT2D eigenvalue weighted by molar-refractivity contribution is 9.10. The zero-order valence-corrected chi connectivity index (χ0v) is 13.1. The molecule has 0 atom stereocenters. The van der Waals surface area contributed by atoms with Crippen molar-refractivity contribution >= 4 is 21.7 Å². The fourth-order valence-corrected chi connectivity index (χ4v) is 2.13. The van der Waals surface area contributed by atoms with Crippen LogP contribution in [-0.4, -0.2) is 17.4 Å². The van der Waals surface area contributed by atoms with Gasteiger partial charge in [0.25, 0.3) is 0 Å². The standard InChI is InChI=1S/C16H16BrNO2/c1-11(2)10-20-13-6-3-5-12(9-13)15(19)14-7-4-8-18-16(14)17/h3-9,11H,10H2,1-2H3. The van der Waals surface area contributed by atoms with Gasteiger partial charge in [0.1, 0.15) is 10.4 Å². The first-order chi connectivity index (χ1) is 9.58. The van der Waals surface area contributed by atoms with Gasteiger partial charge in [-0.2, -0.15) is 0 Å². The number of aromatic nitrogens is 1. The lowest BCUT2D eigenvalue weighted by Crippen LogP contribution is -2.06. The van der Waals surface area contributed by atoms with E-state index in [1.54, 1.807) is 30.5 Å². The van der Waals surface area contributed by atoms with Crippen molar-refractivity contribution in [3.05, 3.63) is 58.3 Å². The quantitative estimate of drug-likeness (QED) is 0.610. The lowest BCUT2D eigenvalue weighted by atomic mass is 10.1. The maximum Gasteiger partial charge on any atom is 0.195 e. The SMILES string of the molecule is CC(C)COc1cccc(C(=O)c2cccnc2Br)c1. The zero-order valence-electron chi connectivity index (χ0n) is 11.5. The van der Waals surface area contributed by atoms with Crippen LogP contribution in [0.2, 0.25) is 0 Å². The molecule has 0 bridgehead atoms. The maximum absolute atomic E-state index is 12.4. The monoisotopic (exact) mass is 333 g/mol. The molecule has 2 rings (SSSR count). The Morgan fingerprint density at radius 2 is 2.10 bits per heavy atom. The van der Waals surface area contributed by atoms with Crippen LogP contribution in [0.5, 0.6) is 5.75 Å². The van der Waals surface area contributed by atoms with Crippen molar-refractivity contribution in [1.29, 1.82) is 0 Å². The number of nitrogens with zero attached hydrogens (tertiary/aromatic N) is 1. The highest BCUT2D eigenvalue weighted by Gasteiger charge is 2.13. The number of halogens is 1. The molecule has 0 saturated carbocycles. The molecule has 0 radical (unpaired) electrons. The second-order valence-electron chi connectivity index (χ2n) is 4.90. The lowest BCUT2D eigenvalue weighted by molar-refractivity contribution is 0.103. The highest BCUT2D eigenvalue weighted by Crippen LogP contribution is 2.20. The van der Waals surface area contributed by atoms with Gasteiger partial charge in [-0.25, -0.2) is 4.98 Å². The maximum atomic E-state index is 12.4. The summed E-state index contributed by atoms with van der Waals surface area (Å²) in [6.45, 7) is 4.80. The van der Waals surface area contributed by atoms with E-state index in [9.17, 15) is 4.79 Å². The van der Waals surface area contributed by atoms with Crippen molar-refractivity contribution < 1.29 is 9.53 Å². The van der Waals surface area contributed by atoms with Crippen molar-refractivity contribution in [2.75, 3.05) is 6.61 Å². The second-order valence-corrected chi connectivity index (χ2v) is 5.65. The van der Waals surface area contributed by atoms with Crippen LogP contribution in [0, 0.1) is 5.92 Å². The molecule has 0 aliphatic carbocycles. The molecule has 20 heavy (non-hydrogen) atoms. The summed E-state index contributed by atoms with van der Waals surface area (Å²) in [6.07, 6.45) is 1.64. The average molecular weight is 334 g/mol. The van der Waals surface area contributed by atoms with Crippen LogP contribution in [0.15, 0.2) is 47.2 Å². The molecule has 4 heteroatoms. The fraction of sp³-hybridized carbons (Fsp3) is 0.250. The van der Waals surface area contributed by atoms with Crippen LogP contribution < -0.4 is 4.74 Å². The van der Waals surface area contributed by atoms with Crippen molar-refractivity contribution in [3.8, 4) is 5.75 Å². The van der Waals surface area contributed by atoms with E-state index in [0.29, 0.717) is 34.0 Å². The third-order valence-corrected chi connectivity index (χ3v) is 3.32. The number of hydrogen-bond donors (Lipinski definition) is 0. The predicted octanol–water partition coefficient (Wildman–Crippen LogP) is 4.11. The molecule has 0 aliphatic rings. The summed E-state index contributed by atoms with van der Waals surface area (Å²) < 4.78 is 6.20. The van der Waals surface area contributed by atoms with E-state index in [-0.39, 0.29) is 5.78 Å². The smallest absolute Gasteiger partial charge is 0.195 e. The molecule has 1 aromatic carbocycles. The van der Waals surface area contributed by atoms with Crippen LogP contribution in [0.1, 0.15) is 29.8 Å². The van der Waals surface area contributed by atoms with Gasteiger partial charge >= 0.3 is 0 Å². The first-order valence-corrected chi connectivity index (χ1v) is 7.25. The van der Waals surface area contributed by atoms with E-state index in [0.717, 1.165) is 0 Å². The summed E-state index contributed by atoms with van der Waals surface area (Å²) in [5.74, 6) is 1.09. The van der Waals surface area contributed by atoms with Gasteiger partial charge in [0.2, 0.25) is 0 Å². The third-order valence-electron chi connectivity index (χ3n) is 2.68. The van der Waals surface area contributed by atoms with Crippen LogP contribution in [-0.2, 0) is 0 Å². The number of benzene rings is 1. The molecule has 2 aromatic rings. The molecule has 0 fully saturated rings. The number of ether oxygens (including phenoxy) is 1. The number of rotatable bonds is 5. The summed E-state index contributed by atoms with van der Waals surface area (Å²) >= 11 is 3.30. The topological polar surface area (TPSA) is 39.2 Å². The van der Waals surface area contributed by atoms with Crippen molar-refractivity contribution in [2.45, 2.75) is 13.8 Å². The molecule has 0 unspecified atom stereocenters. The van der Waals surface area contributed by atoms with Crippen LogP contribution in [0.3, 0.4) is 0 Å². The van der Waals surface area contributed by atoms with Gasteiger partial charge in [0, 0.05) is 11.8 Å². The Morgan fingerprint density at radius 1 is 1.30 bits per heavy atom. The second kappa shape index (κ2) is 6.66. The van der Waals surface area contributed by atoms with Gasteiger partial charge in [-0.15, -0.1) is 0 Å². The number of ketones is 1. The molecule has 1 heterocycles. The minimum absolute atomic E-state index is 0.0695. The third kappa shape index (κ3) is 3.67. The summed E-state index contributed by atoms with van der Waals surface area (Å²) in [5, 5.41) is 0. The first kappa shape index (κ1) is 14.7. The molecule has 0 N–H and O–H groups in total. The van der Waals surface area contributed by atoms with E-state index in [2.05, 4.69) is 34.8 Å². The van der Waals surface area contributed by atoms with Gasteiger partial charge in [-0.3, -0.25) is 4.79 Å². The number of carbonyl (C=O) groups is 1. The Labute approximate surface area is 127 Å². The highest BCUT2D eigenvalue weighted by atomic mass is 79.9. The number of pyridine rings is 1. The Balaban J connectivity index is 2.23. The van der Waals surface area contributed by atoms with Gasteiger partial charge in [0.05, 0.1) is 12.2 Å². The molecule has 0 aliphatic heterocycles. The van der Waals surface area contributed by atoms with Crippen LogP contribution in [0.4, 0.5) is 0 Å². The molecular formula is C16H16BrNO2. The van der Waals surface area contributed by atoms with E-state index >= 15 is 0 Å². The van der Waals surface area contributed by atoms with Crippen molar-refractivity contribution in [3.63, 3.8) is 0 Å².